The molecular formula is C15H17N3O6. The van der Waals surface area contributed by atoms with Crippen LogP contribution in [0.4, 0.5) is 5.69 Å². The van der Waals surface area contributed by atoms with Crippen molar-refractivity contribution in [3.05, 3.63) is 67.5 Å². The maximum Gasteiger partial charge on any atom is 0.409 e. The number of rotatable bonds is 6. The van der Waals surface area contributed by atoms with Crippen LogP contribution in [-0.2, 0) is 9.53 Å². The van der Waals surface area contributed by atoms with Crippen LogP contribution >= 0.6 is 0 Å². The van der Waals surface area contributed by atoms with Crippen LogP contribution in [0.2, 0.25) is 0 Å². The molecule has 0 atom stereocenters. The molecule has 1 aromatic carbocycles. The van der Waals surface area contributed by atoms with Crippen molar-refractivity contribution >= 4 is 17.2 Å². The number of hydrogen-bond acceptors (Lipinski definition) is 7. The van der Waals surface area contributed by atoms with Crippen LogP contribution in [0.15, 0.2) is 36.2 Å². The summed E-state index contributed by atoms with van der Waals surface area (Å²) in [6.45, 7) is 1.69. The number of benzene rings is 1. The molecule has 0 N–H and O–H groups in total. The Morgan fingerprint density at radius 2 is 1.88 bits per heavy atom. The monoisotopic (exact) mass is 335 g/mol. The van der Waals surface area contributed by atoms with Crippen LogP contribution in [0.1, 0.15) is 11.1 Å². The number of ether oxygens (including phenoxy) is 1. The topological polar surface area (TPSA) is 116 Å². The predicted octanol–water partition coefficient (Wildman–Crippen LogP) is 2.14. The van der Waals surface area contributed by atoms with Gasteiger partial charge in [0.2, 0.25) is 0 Å². The van der Waals surface area contributed by atoms with Crippen LogP contribution in [0, 0.1) is 27.2 Å². The Kier molecular flexibility index (Phi) is 6.16. The van der Waals surface area contributed by atoms with Crippen molar-refractivity contribution in [1.29, 1.82) is 0 Å². The molecule has 0 aliphatic carbocycles. The molecule has 9 heteroatoms. The van der Waals surface area contributed by atoms with Gasteiger partial charge in [0.15, 0.2) is 0 Å². The maximum absolute atomic E-state index is 11.6. The summed E-state index contributed by atoms with van der Waals surface area (Å²) in [4.78, 5) is 34.0. The van der Waals surface area contributed by atoms with Crippen molar-refractivity contribution in [3.63, 3.8) is 0 Å². The van der Waals surface area contributed by atoms with Gasteiger partial charge in [-0.05, 0) is 18.6 Å². The van der Waals surface area contributed by atoms with E-state index >= 15 is 0 Å². The van der Waals surface area contributed by atoms with Crippen molar-refractivity contribution in [2.75, 3.05) is 21.2 Å². The van der Waals surface area contributed by atoms with E-state index in [1.165, 1.54) is 18.3 Å². The van der Waals surface area contributed by atoms with E-state index in [-0.39, 0.29) is 16.8 Å². The zero-order valence-electron chi connectivity index (χ0n) is 13.7. The SMILES string of the molecule is COC(=O)/C(=C\C(=C/N(C)C)c1ccc(C)cc1[N+](=O)[O-])[N+](=O)[O-]. The van der Waals surface area contributed by atoms with Gasteiger partial charge >= 0.3 is 11.7 Å². The van der Waals surface area contributed by atoms with Crippen molar-refractivity contribution in [1.82, 2.24) is 4.90 Å². The van der Waals surface area contributed by atoms with Gasteiger partial charge in [-0.15, -0.1) is 0 Å². The number of allylic oxidation sites excluding steroid dienone is 2. The van der Waals surface area contributed by atoms with Gasteiger partial charge in [-0.2, -0.15) is 0 Å². The first-order valence-electron chi connectivity index (χ1n) is 6.75. The highest BCUT2D eigenvalue weighted by Crippen LogP contribution is 2.29. The highest BCUT2D eigenvalue weighted by Gasteiger charge is 2.25. The molecule has 0 saturated carbocycles. The molecule has 1 rings (SSSR count). The van der Waals surface area contributed by atoms with Crippen molar-refractivity contribution in [2.45, 2.75) is 6.92 Å². The van der Waals surface area contributed by atoms with E-state index in [4.69, 9.17) is 0 Å². The first kappa shape index (κ1) is 18.8. The molecule has 0 radical (unpaired) electrons. The van der Waals surface area contributed by atoms with Gasteiger partial charge in [-0.25, -0.2) is 4.79 Å². The summed E-state index contributed by atoms with van der Waals surface area (Å²) in [5, 5.41) is 22.4. The normalized spacial score (nSPS) is 11.8. The molecule has 0 aromatic heterocycles. The summed E-state index contributed by atoms with van der Waals surface area (Å²) < 4.78 is 4.39. The number of hydrogen-bond donors (Lipinski definition) is 0. The molecule has 0 aliphatic rings. The van der Waals surface area contributed by atoms with Crippen LogP contribution in [0.5, 0.6) is 0 Å². The van der Waals surface area contributed by atoms with E-state index in [1.807, 2.05) is 0 Å². The predicted molar refractivity (Wildman–Crippen MR) is 86.6 cm³/mol. The first-order chi connectivity index (χ1) is 11.2. The Bertz CT molecular complexity index is 737. The number of carbonyl (C=O) groups is 1. The van der Waals surface area contributed by atoms with Crippen molar-refractivity contribution in [2.24, 2.45) is 0 Å². The number of nitro groups is 2. The minimum Gasteiger partial charge on any atom is -0.461 e. The van der Waals surface area contributed by atoms with Gasteiger partial charge in [0, 0.05) is 38.0 Å². The molecule has 9 nitrogen and oxygen atoms in total. The summed E-state index contributed by atoms with van der Waals surface area (Å²) in [5.74, 6) is -1.14. The molecule has 0 aliphatic heterocycles. The molecule has 0 bridgehead atoms. The van der Waals surface area contributed by atoms with Gasteiger partial charge < -0.3 is 9.64 Å². The van der Waals surface area contributed by atoms with Crippen LogP contribution in [-0.4, -0.2) is 41.9 Å². The Hall–Kier alpha value is -3.23. The lowest BCUT2D eigenvalue weighted by Gasteiger charge is -2.10. The van der Waals surface area contributed by atoms with E-state index in [2.05, 4.69) is 4.74 Å². The van der Waals surface area contributed by atoms with E-state index in [9.17, 15) is 25.0 Å². The quantitative estimate of drug-likeness (QED) is 0.257. The Morgan fingerprint density at radius 3 is 2.33 bits per heavy atom. The standard InChI is InChI=1S/C15H17N3O6/c1-10-5-6-12(13(7-10)17(20)21)11(9-16(2)3)8-14(18(22)23)15(19)24-4/h5-9H,1-4H3/b11-9+,14-8+. The second-order valence-corrected chi connectivity index (χ2v) is 5.10. The summed E-state index contributed by atoms with van der Waals surface area (Å²) >= 11 is 0. The molecular weight excluding hydrogens is 318 g/mol. The maximum atomic E-state index is 11.6. The lowest BCUT2D eigenvalue weighted by atomic mass is 10.0. The van der Waals surface area contributed by atoms with Crippen LogP contribution < -0.4 is 0 Å². The van der Waals surface area contributed by atoms with Gasteiger partial charge in [0.05, 0.1) is 22.5 Å². The van der Waals surface area contributed by atoms with Crippen molar-refractivity contribution < 1.29 is 19.4 Å². The molecule has 0 amide bonds. The van der Waals surface area contributed by atoms with Gasteiger partial charge in [0.25, 0.3) is 5.69 Å². The summed E-state index contributed by atoms with van der Waals surface area (Å²) in [6.07, 6.45) is 2.41. The highest BCUT2D eigenvalue weighted by atomic mass is 16.6. The van der Waals surface area contributed by atoms with Gasteiger partial charge in [-0.1, -0.05) is 6.07 Å². The van der Waals surface area contributed by atoms with Gasteiger partial charge in [-0.3, -0.25) is 20.2 Å². The average Bonchev–Trinajstić information content (AvgIpc) is 2.49. The summed E-state index contributed by atoms with van der Waals surface area (Å²) in [5.41, 5.74) is -0.0696. The van der Waals surface area contributed by atoms with E-state index in [0.29, 0.717) is 5.56 Å². The van der Waals surface area contributed by atoms with Crippen molar-refractivity contribution in [3.8, 4) is 0 Å². The largest absolute Gasteiger partial charge is 0.461 e. The Morgan fingerprint density at radius 1 is 1.25 bits per heavy atom. The number of esters is 1. The second kappa shape index (κ2) is 7.86. The van der Waals surface area contributed by atoms with E-state index in [1.54, 1.807) is 32.0 Å². The fourth-order valence-corrected chi connectivity index (χ4v) is 1.94. The lowest BCUT2D eigenvalue weighted by molar-refractivity contribution is -0.421. The number of nitro benzene ring substituents is 1. The van der Waals surface area contributed by atoms with Crippen LogP contribution in [0.3, 0.4) is 0 Å². The van der Waals surface area contributed by atoms with E-state index < -0.39 is 21.5 Å². The third kappa shape index (κ3) is 4.63. The first-order valence-corrected chi connectivity index (χ1v) is 6.75. The number of methoxy groups -OCH3 is 1. The molecule has 0 heterocycles. The smallest absolute Gasteiger partial charge is 0.409 e. The fourth-order valence-electron chi connectivity index (χ4n) is 1.94. The summed E-state index contributed by atoms with van der Waals surface area (Å²) in [7, 11) is 4.32. The number of aryl methyl sites for hydroxylation is 1. The van der Waals surface area contributed by atoms with E-state index in [0.717, 1.165) is 13.2 Å². The molecule has 0 unspecified atom stereocenters. The molecule has 0 spiro atoms. The average molecular weight is 335 g/mol. The second-order valence-electron chi connectivity index (χ2n) is 5.10. The Balaban J connectivity index is 3.64. The van der Waals surface area contributed by atoms with Gasteiger partial charge in [0.1, 0.15) is 0 Å². The summed E-state index contributed by atoms with van der Waals surface area (Å²) in [6, 6.07) is 4.48. The number of carbonyl (C=O) groups excluding carboxylic acids is 1. The molecule has 1 aromatic rings. The Labute approximate surface area is 138 Å². The van der Waals surface area contributed by atoms with Crippen LogP contribution in [0.25, 0.3) is 5.57 Å². The molecule has 0 saturated heterocycles. The minimum atomic E-state index is -1.14. The zero-order chi connectivity index (χ0) is 18.4. The highest BCUT2D eigenvalue weighted by molar-refractivity contribution is 5.91. The third-order valence-electron chi connectivity index (χ3n) is 2.94. The zero-order valence-corrected chi connectivity index (χ0v) is 13.7. The third-order valence-corrected chi connectivity index (χ3v) is 2.94. The molecule has 128 valence electrons. The number of nitrogens with zero attached hydrogens (tertiary/aromatic N) is 3. The minimum absolute atomic E-state index is 0.142. The fraction of sp³-hybridized carbons (Fsp3) is 0.267. The lowest BCUT2D eigenvalue weighted by Crippen LogP contribution is -2.13. The molecule has 0 fully saturated rings. The molecule has 24 heavy (non-hydrogen) atoms.